The van der Waals surface area contributed by atoms with E-state index in [1.165, 1.54) is 26.4 Å². The topological polar surface area (TPSA) is 97.2 Å². The van der Waals surface area contributed by atoms with Gasteiger partial charge < -0.3 is 9.47 Å². The van der Waals surface area contributed by atoms with Crippen molar-refractivity contribution >= 4 is 22.6 Å². The highest BCUT2D eigenvalue weighted by Gasteiger charge is 2.19. The Balaban J connectivity index is 2.96. The molecule has 0 aliphatic rings. The first-order chi connectivity index (χ1) is 9.63. The van der Waals surface area contributed by atoms with E-state index in [9.17, 15) is 9.18 Å². The molecule has 0 aliphatic carbocycles. The fourth-order valence-corrected chi connectivity index (χ4v) is 1.81. The third-order valence-corrected chi connectivity index (χ3v) is 2.68. The second kappa shape index (κ2) is 5.41. The van der Waals surface area contributed by atoms with Gasteiger partial charge in [-0.25, -0.2) is 9.18 Å². The summed E-state index contributed by atoms with van der Waals surface area (Å²) >= 11 is 0. The van der Waals surface area contributed by atoms with Crippen LogP contribution in [0.1, 0.15) is 10.4 Å². The van der Waals surface area contributed by atoms with Gasteiger partial charge in [0.15, 0.2) is 0 Å². The van der Waals surface area contributed by atoms with E-state index in [0.29, 0.717) is 0 Å². The molecular formula is C12H9FN4O3. The van der Waals surface area contributed by atoms with Crippen molar-refractivity contribution in [3.63, 3.8) is 0 Å². The van der Waals surface area contributed by atoms with Crippen molar-refractivity contribution in [1.29, 1.82) is 0 Å². The molecule has 1 heterocycles. The SMILES string of the molecule is COC(=O)c1cnc2c(F)ccc(OC)c2c1N=[N+]=[N-]. The Labute approximate surface area is 112 Å². The number of hydrogen-bond acceptors (Lipinski definition) is 5. The van der Waals surface area contributed by atoms with E-state index in [1.54, 1.807) is 0 Å². The molecule has 2 aromatic rings. The molecular weight excluding hydrogens is 267 g/mol. The second-order valence-corrected chi connectivity index (χ2v) is 3.67. The molecule has 20 heavy (non-hydrogen) atoms. The zero-order valence-electron chi connectivity index (χ0n) is 10.6. The van der Waals surface area contributed by atoms with E-state index in [0.717, 1.165) is 6.20 Å². The van der Waals surface area contributed by atoms with Gasteiger partial charge in [-0.05, 0) is 17.7 Å². The number of esters is 1. The minimum Gasteiger partial charge on any atom is -0.496 e. The third kappa shape index (κ3) is 2.08. The van der Waals surface area contributed by atoms with Crippen molar-refractivity contribution in [1.82, 2.24) is 4.98 Å². The van der Waals surface area contributed by atoms with Crippen LogP contribution in [0.25, 0.3) is 21.3 Å². The monoisotopic (exact) mass is 276 g/mol. The molecule has 1 aromatic heterocycles. The molecule has 1 aromatic carbocycles. The molecule has 0 fully saturated rings. The number of pyridine rings is 1. The molecule has 7 nitrogen and oxygen atoms in total. The molecule has 0 bridgehead atoms. The van der Waals surface area contributed by atoms with Crippen LogP contribution in [0.5, 0.6) is 5.75 Å². The van der Waals surface area contributed by atoms with Gasteiger partial charge in [-0.3, -0.25) is 4.98 Å². The first-order valence-electron chi connectivity index (χ1n) is 5.42. The number of hydrogen-bond donors (Lipinski definition) is 0. The van der Waals surface area contributed by atoms with Gasteiger partial charge in [0.05, 0.1) is 30.9 Å². The van der Waals surface area contributed by atoms with Gasteiger partial charge in [-0.15, -0.1) is 0 Å². The predicted octanol–water partition coefficient (Wildman–Crippen LogP) is 3.11. The first kappa shape index (κ1) is 13.6. The maximum atomic E-state index is 13.8. The third-order valence-electron chi connectivity index (χ3n) is 2.68. The van der Waals surface area contributed by atoms with Crippen LogP contribution in [-0.2, 0) is 4.74 Å². The van der Waals surface area contributed by atoms with E-state index in [2.05, 4.69) is 19.7 Å². The van der Waals surface area contributed by atoms with E-state index < -0.39 is 11.8 Å². The van der Waals surface area contributed by atoms with Crippen LogP contribution in [0.2, 0.25) is 0 Å². The standard InChI is InChI=1S/C12H9FN4O3/c1-19-8-4-3-7(13)11-9(8)10(16-17-14)6(5-15-11)12(18)20-2/h3-5H,1-2H3. The molecule has 102 valence electrons. The van der Waals surface area contributed by atoms with Crippen molar-refractivity contribution in [2.75, 3.05) is 14.2 Å². The number of carbonyl (C=O) groups excluding carboxylic acids is 1. The highest BCUT2D eigenvalue weighted by atomic mass is 19.1. The van der Waals surface area contributed by atoms with E-state index >= 15 is 0 Å². The molecule has 0 atom stereocenters. The van der Waals surface area contributed by atoms with Gasteiger partial charge in [0.1, 0.15) is 17.1 Å². The van der Waals surface area contributed by atoms with E-state index in [4.69, 9.17) is 10.3 Å². The summed E-state index contributed by atoms with van der Waals surface area (Å²) in [4.78, 5) is 18.2. The minimum absolute atomic E-state index is 0.0561. The zero-order chi connectivity index (χ0) is 14.7. The van der Waals surface area contributed by atoms with Crippen molar-refractivity contribution in [3.8, 4) is 5.75 Å². The highest BCUT2D eigenvalue weighted by Crippen LogP contribution is 2.37. The number of aromatic nitrogens is 1. The Morgan fingerprint density at radius 2 is 2.20 bits per heavy atom. The lowest BCUT2D eigenvalue weighted by atomic mass is 10.1. The molecule has 0 saturated carbocycles. The summed E-state index contributed by atoms with van der Waals surface area (Å²) < 4.78 is 23.4. The molecule has 0 radical (unpaired) electrons. The molecule has 0 amide bonds. The Kier molecular flexibility index (Phi) is 3.67. The van der Waals surface area contributed by atoms with Crippen molar-refractivity contribution in [2.24, 2.45) is 5.11 Å². The van der Waals surface area contributed by atoms with Gasteiger partial charge in [0.2, 0.25) is 0 Å². The first-order valence-corrected chi connectivity index (χ1v) is 5.42. The zero-order valence-corrected chi connectivity index (χ0v) is 10.6. The largest absolute Gasteiger partial charge is 0.496 e. The molecule has 0 aliphatic heterocycles. The smallest absolute Gasteiger partial charge is 0.339 e. The summed E-state index contributed by atoms with van der Waals surface area (Å²) in [5.74, 6) is -1.12. The molecule has 0 spiro atoms. The number of halogens is 1. The fraction of sp³-hybridized carbons (Fsp3) is 0.167. The maximum Gasteiger partial charge on any atom is 0.339 e. The summed E-state index contributed by atoms with van der Waals surface area (Å²) in [5.41, 5.74) is 8.44. The number of nitrogens with zero attached hydrogens (tertiary/aromatic N) is 4. The summed E-state index contributed by atoms with van der Waals surface area (Å²) in [7, 11) is 2.55. The normalized spacial score (nSPS) is 9.95. The van der Waals surface area contributed by atoms with Crippen LogP contribution in [0, 0.1) is 5.82 Å². The Bertz CT molecular complexity index is 741. The Hall–Kier alpha value is -2.86. The van der Waals surface area contributed by atoms with Gasteiger partial charge in [-0.1, -0.05) is 5.11 Å². The fourth-order valence-electron chi connectivity index (χ4n) is 1.81. The van der Waals surface area contributed by atoms with Crippen LogP contribution < -0.4 is 4.74 Å². The summed E-state index contributed by atoms with van der Waals surface area (Å²) in [5, 5.41) is 3.57. The molecule has 2 rings (SSSR count). The van der Waals surface area contributed by atoms with Crippen LogP contribution in [-0.4, -0.2) is 25.2 Å². The Morgan fingerprint density at radius 1 is 1.45 bits per heavy atom. The number of fused-ring (bicyclic) bond motifs is 1. The minimum atomic E-state index is -0.742. The average Bonchev–Trinajstić information content (AvgIpc) is 2.47. The lowest BCUT2D eigenvalue weighted by molar-refractivity contribution is 0.0601. The number of rotatable bonds is 3. The van der Waals surface area contributed by atoms with Crippen LogP contribution in [0.3, 0.4) is 0 Å². The van der Waals surface area contributed by atoms with Gasteiger partial charge >= 0.3 is 5.97 Å². The number of azide groups is 1. The number of ether oxygens (including phenoxy) is 2. The van der Waals surface area contributed by atoms with Crippen LogP contribution >= 0.6 is 0 Å². The molecule has 8 heteroatoms. The number of benzene rings is 1. The van der Waals surface area contributed by atoms with Gasteiger partial charge in [0, 0.05) is 11.1 Å². The molecule has 0 unspecified atom stereocenters. The average molecular weight is 276 g/mol. The Morgan fingerprint density at radius 3 is 2.80 bits per heavy atom. The van der Waals surface area contributed by atoms with Crippen molar-refractivity contribution in [3.05, 3.63) is 40.2 Å². The van der Waals surface area contributed by atoms with Crippen LogP contribution in [0.4, 0.5) is 10.1 Å². The van der Waals surface area contributed by atoms with Crippen LogP contribution in [0.15, 0.2) is 23.4 Å². The number of carbonyl (C=O) groups is 1. The molecule has 0 saturated heterocycles. The maximum absolute atomic E-state index is 13.8. The van der Waals surface area contributed by atoms with Gasteiger partial charge in [-0.2, -0.15) is 0 Å². The van der Waals surface area contributed by atoms with Crippen molar-refractivity contribution in [2.45, 2.75) is 0 Å². The lowest BCUT2D eigenvalue weighted by Crippen LogP contribution is -2.03. The second-order valence-electron chi connectivity index (χ2n) is 3.67. The van der Waals surface area contributed by atoms with Gasteiger partial charge in [0.25, 0.3) is 0 Å². The van der Waals surface area contributed by atoms with E-state index in [1.807, 2.05) is 0 Å². The molecule has 0 N–H and O–H groups in total. The predicted molar refractivity (Wildman–Crippen MR) is 68.4 cm³/mol. The quantitative estimate of drug-likeness (QED) is 0.372. The van der Waals surface area contributed by atoms with Crippen molar-refractivity contribution < 1.29 is 18.7 Å². The number of methoxy groups -OCH3 is 2. The highest BCUT2D eigenvalue weighted by molar-refractivity contribution is 6.06. The summed E-state index contributed by atoms with van der Waals surface area (Å²) in [6, 6.07) is 2.53. The summed E-state index contributed by atoms with van der Waals surface area (Å²) in [6.45, 7) is 0. The van der Waals surface area contributed by atoms with E-state index in [-0.39, 0.29) is 27.9 Å². The summed E-state index contributed by atoms with van der Waals surface area (Å²) in [6.07, 6.45) is 1.10. The lowest BCUT2D eigenvalue weighted by Gasteiger charge is -2.10.